The van der Waals surface area contributed by atoms with Gasteiger partial charge in [0.25, 0.3) is 12.4 Å². The topological polar surface area (TPSA) is 82.0 Å². The fourth-order valence-electron chi connectivity index (χ4n) is 1.11. The number of pyridine rings is 1. The van der Waals surface area contributed by atoms with Gasteiger partial charge in [-0.15, -0.1) is 0 Å². The Morgan fingerprint density at radius 2 is 2.20 bits per heavy atom. The standard InChI is InChI=1S/C7H6F3N3O2/c8-6(9)4-2-12-7(10)5(13(14)15)3(4)1-11/h2,6H,1,11H2. The summed E-state index contributed by atoms with van der Waals surface area (Å²) >= 11 is 0. The van der Waals surface area contributed by atoms with Crippen LogP contribution in [0.1, 0.15) is 17.6 Å². The Morgan fingerprint density at radius 3 is 2.60 bits per heavy atom. The maximum absolute atomic E-state index is 12.9. The molecule has 0 aliphatic heterocycles. The molecule has 82 valence electrons. The molecule has 1 rings (SSSR count). The first-order chi connectivity index (χ1) is 6.99. The number of hydrogen-bond donors (Lipinski definition) is 1. The lowest BCUT2D eigenvalue weighted by Crippen LogP contribution is -2.09. The second kappa shape index (κ2) is 4.22. The van der Waals surface area contributed by atoms with Crippen molar-refractivity contribution in [2.75, 3.05) is 0 Å². The molecule has 0 bridgehead atoms. The summed E-state index contributed by atoms with van der Waals surface area (Å²) < 4.78 is 37.6. The number of halogens is 3. The smallest absolute Gasteiger partial charge is 0.326 e. The van der Waals surface area contributed by atoms with Crippen molar-refractivity contribution in [2.45, 2.75) is 13.0 Å². The summed E-state index contributed by atoms with van der Waals surface area (Å²) in [6.07, 6.45) is -2.43. The third-order valence-electron chi connectivity index (χ3n) is 1.77. The number of aromatic nitrogens is 1. The summed E-state index contributed by atoms with van der Waals surface area (Å²) in [7, 11) is 0. The molecule has 0 aliphatic carbocycles. The number of nitro groups is 1. The van der Waals surface area contributed by atoms with E-state index < -0.39 is 40.7 Å². The van der Waals surface area contributed by atoms with Crippen LogP contribution in [0.4, 0.5) is 18.9 Å². The molecule has 0 aromatic carbocycles. The van der Waals surface area contributed by atoms with Crippen LogP contribution in [0.15, 0.2) is 6.20 Å². The monoisotopic (exact) mass is 221 g/mol. The summed E-state index contributed by atoms with van der Waals surface area (Å²) in [6, 6.07) is 0. The van der Waals surface area contributed by atoms with Crippen LogP contribution in [0.25, 0.3) is 0 Å². The van der Waals surface area contributed by atoms with Gasteiger partial charge in [-0.2, -0.15) is 4.39 Å². The molecule has 15 heavy (non-hydrogen) atoms. The van der Waals surface area contributed by atoms with E-state index in [0.29, 0.717) is 6.20 Å². The van der Waals surface area contributed by atoms with Crippen LogP contribution >= 0.6 is 0 Å². The molecule has 0 atom stereocenters. The summed E-state index contributed by atoms with van der Waals surface area (Å²) in [5, 5.41) is 10.4. The van der Waals surface area contributed by atoms with Crippen LogP contribution in [-0.4, -0.2) is 9.91 Å². The van der Waals surface area contributed by atoms with E-state index in [1.807, 2.05) is 0 Å². The largest absolute Gasteiger partial charge is 0.328 e. The van der Waals surface area contributed by atoms with E-state index >= 15 is 0 Å². The highest BCUT2D eigenvalue weighted by Gasteiger charge is 2.27. The summed E-state index contributed by atoms with van der Waals surface area (Å²) in [5.74, 6) is -1.41. The predicted octanol–water partition coefficient (Wildman–Crippen LogP) is 1.53. The molecular weight excluding hydrogens is 215 g/mol. The van der Waals surface area contributed by atoms with Crippen LogP contribution in [-0.2, 0) is 6.54 Å². The van der Waals surface area contributed by atoms with Crippen molar-refractivity contribution in [3.8, 4) is 0 Å². The Balaban J connectivity index is 3.47. The zero-order valence-corrected chi connectivity index (χ0v) is 7.28. The first kappa shape index (κ1) is 11.4. The van der Waals surface area contributed by atoms with Gasteiger partial charge in [0.05, 0.1) is 10.5 Å². The molecule has 0 spiro atoms. The summed E-state index contributed by atoms with van der Waals surface area (Å²) in [6.45, 7) is -0.546. The minimum absolute atomic E-state index is 0.525. The highest BCUT2D eigenvalue weighted by Crippen LogP contribution is 2.30. The van der Waals surface area contributed by atoms with Crippen molar-refractivity contribution in [2.24, 2.45) is 5.73 Å². The Labute approximate surface area is 81.9 Å². The van der Waals surface area contributed by atoms with Crippen LogP contribution in [0.2, 0.25) is 0 Å². The van der Waals surface area contributed by atoms with Crippen molar-refractivity contribution in [1.82, 2.24) is 4.98 Å². The van der Waals surface area contributed by atoms with Gasteiger partial charge in [-0.25, -0.2) is 13.8 Å². The molecule has 1 aromatic heterocycles. The Morgan fingerprint density at radius 1 is 1.60 bits per heavy atom. The van der Waals surface area contributed by atoms with Crippen molar-refractivity contribution in [3.05, 3.63) is 33.4 Å². The molecule has 0 fully saturated rings. The van der Waals surface area contributed by atoms with Gasteiger partial charge in [0.2, 0.25) is 0 Å². The fourth-order valence-corrected chi connectivity index (χ4v) is 1.11. The minimum atomic E-state index is -2.98. The van der Waals surface area contributed by atoms with E-state index in [1.54, 1.807) is 0 Å². The third kappa shape index (κ3) is 2.04. The van der Waals surface area contributed by atoms with Crippen LogP contribution in [0.5, 0.6) is 0 Å². The Kier molecular flexibility index (Phi) is 3.20. The average molecular weight is 221 g/mol. The first-order valence-corrected chi connectivity index (χ1v) is 3.79. The molecule has 1 heterocycles. The molecule has 5 nitrogen and oxygen atoms in total. The number of nitrogens with two attached hydrogens (primary N) is 1. The highest BCUT2D eigenvalue weighted by molar-refractivity contribution is 5.44. The van der Waals surface area contributed by atoms with Crippen molar-refractivity contribution in [1.29, 1.82) is 0 Å². The van der Waals surface area contributed by atoms with Gasteiger partial charge in [0.1, 0.15) is 0 Å². The number of rotatable bonds is 3. The lowest BCUT2D eigenvalue weighted by Gasteiger charge is -2.06. The van der Waals surface area contributed by atoms with Crippen molar-refractivity contribution < 1.29 is 18.1 Å². The van der Waals surface area contributed by atoms with Crippen molar-refractivity contribution in [3.63, 3.8) is 0 Å². The average Bonchev–Trinajstić information content (AvgIpc) is 2.15. The molecule has 0 aliphatic rings. The molecule has 0 unspecified atom stereocenters. The van der Waals surface area contributed by atoms with Crippen LogP contribution < -0.4 is 5.73 Å². The van der Waals surface area contributed by atoms with Gasteiger partial charge >= 0.3 is 5.69 Å². The molecule has 1 aromatic rings. The normalized spacial score (nSPS) is 10.7. The predicted molar refractivity (Wildman–Crippen MR) is 43.7 cm³/mol. The van der Waals surface area contributed by atoms with Gasteiger partial charge in [0, 0.05) is 18.3 Å². The van der Waals surface area contributed by atoms with E-state index in [4.69, 9.17) is 5.73 Å². The molecule has 0 amide bonds. The summed E-state index contributed by atoms with van der Waals surface area (Å²) in [5.41, 5.74) is 2.73. The Hall–Kier alpha value is -1.70. The second-order valence-corrected chi connectivity index (χ2v) is 2.59. The van der Waals surface area contributed by atoms with Gasteiger partial charge in [-0.1, -0.05) is 0 Å². The lowest BCUT2D eigenvalue weighted by atomic mass is 10.1. The fraction of sp³-hybridized carbons (Fsp3) is 0.286. The van der Waals surface area contributed by atoms with Gasteiger partial charge in [-0.3, -0.25) is 10.1 Å². The molecule has 0 saturated carbocycles. The quantitative estimate of drug-likeness (QED) is 0.476. The van der Waals surface area contributed by atoms with E-state index in [0.717, 1.165) is 0 Å². The SMILES string of the molecule is NCc1c(C(F)F)cnc(F)c1[N+](=O)[O-]. The maximum atomic E-state index is 12.9. The zero-order valence-electron chi connectivity index (χ0n) is 7.28. The molecule has 0 saturated heterocycles. The van der Waals surface area contributed by atoms with Crippen molar-refractivity contribution >= 4 is 5.69 Å². The molecule has 2 N–H and O–H groups in total. The maximum Gasteiger partial charge on any atom is 0.328 e. The molecule has 0 radical (unpaired) electrons. The third-order valence-corrected chi connectivity index (χ3v) is 1.77. The highest BCUT2D eigenvalue weighted by atomic mass is 19.3. The zero-order chi connectivity index (χ0) is 11.6. The Bertz CT molecular complexity index is 397. The number of alkyl halides is 2. The van der Waals surface area contributed by atoms with E-state index in [2.05, 4.69) is 4.98 Å². The summed E-state index contributed by atoms with van der Waals surface area (Å²) in [4.78, 5) is 12.2. The van der Waals surface area contributed by atoms with Crippen LogP contribution in [0, 0.1) is 16.1 Å². The van der Waals surface area contributed by atoms with E-state index in [9.17, 15) is 23.3 Å². The lowest BCUT2D eigenvalue weighted by molar-refractivity contribution is -0.388. The van der Waals surface area contributed by atoms with E-state index in [-0.39, 0.29) is 0 Å². The number of nitrogens with zero attached hydrogens (tertiary/aromatic N) is 2. The number of hydrogen-bond acceptors (Lipinski definition) is 4. The molecule has 8 heteroatoms. The molecular formula is C7H6F3N3O2. The van der Waals surface area contributed by atoms with Gasteiger partial charge < -0.3 is 5.73 Å². The second-order valence-electron chi connectivity index (χ2n) is 2.59. The minimum Gasteiger partial charge on any atom is -0.326 e. The van der Waals surface area contributed by atoms with E-state index in [1.165, 1.54) is 0 Å². The van der Waals surface area contributed by atoms with Gasteiger partial charge in [0.15, 0.2) is 0 Å². The first-order valence-electron chi connectivity index (χ1n) is 3.79. The van der Waals surface area contributed by atoms with Gasteiger partial charge in [-0.05, 0) is 0 Å². The van der Waals surface area contributed by atoms with Crippen LogP contribution in [0.3, 0.4) is 0 Å².